The van der Waals surface area contributed by atoms with Gasteiger partial charge in [0, 0.05) is 49.9 Å². The number of amides is 1. The van der Waals surface area contributed by atoms with Crippen LogP contribution in [0.5, 0.6) is 0 Å². The molecule has 9 nitrogen and oxygen atoms in total. The lowest BCUT2D eigenvalue weighted by atomic mass is 10.1. The zero-order valence-electron chi connectivity index (χ0n) is 19.0. The predicted molar refractivity (Wildman–Crippen MR) is 125 cm³/mol. The number of piperazine rings is 1. The van der Waals surface area contributed by atoms with Crippen LogP contribution in [0.4, 0.5) is 5.69 Å². The van der Waals surface area contributed by atoms with E-state index in [9.17, 15) is 19.7 Å². The molecule has 0 radical (unpaired) electrons. The average molecular weight is 450 g/mol. The van der Waals surface area contributed by atoms with Gasteiger partial charge in [0.1, 0.15) is 5.82 Å². The summed E-state index contributed by atoms with van der Waals surface area (Å²) in [4.78, 5) is 45.4. The molecule has 9 heteroatoms. The fourth-order valence-corrected chi connectivity index (χ4v) is 4.53. The number of carbonyl (C=O) groups excluding carboxylic acids is 1. The van der Waals surface area contributed by atoms with Crippen molar-refractivity contribution in [2.45, 2.75) is 39.4 Å². The molecule has 0 saturated carbocycles. The molecule has 1 aliphatic heterocycles. The number of nitro benzene ring substituents is 1. The summed E-state index contributed by atoms with van der Waals surface area (Å²) in [5.74, 6) is 0.500. The molecular formula is C24H27N5O4. The van der Waals surface area contributed by atoms with Gasteiger partial charge in [-0.15, -0.1) is 0 Å². The molecule has 33 heavy (non-hydrogen) atoms. The van der Waals surface area contributed by atoms with E-state index < -0.39 is 4.92 Å². The lowest BCUT2D eigenvalue weighted by molar-refractivity contribution is -0.384. The Morgan fingerprint density at radius 1 is 1.21 bits per heavy atom. The van der Waals surface area contributed by atoms with Crippen molar-refractivity contribution >= 4 is 22.5 Å². The summed E-state index contributed by atoms with van der Waals surface area (Å²) in [6, 6.07) is 13.0. The second kappa shape index (κ2) is 9.11. The summed E-state index contributed by atoms with van der Waals surface area (Å²) >= 11 is 0. The third kappa shape index (κ3) is 4.23. The number of fused-ring (bicyclic) bond motifs is 1. The molecule has 4 rings (SSSR count). The fraction of sp³-hybridized carbons (Fsp3) is 0.375. The number of hydrogen-bond donors (Lipinski definition) is 0. The molecule has 2 heterocycles. The topological polar surface area (TPSA) is 102 Å². The zero-order valence-corrected chi connectivity index (χ0v) is 19.0. The lowest BCUT2D eigenvalue weighted by Gasteiger charge is -2.42. The highest BCUT2D eigenvalue weighted by Gasteiger charge is 2.32. The van der Waals surface area contributed by atoms with E-state index >= 15 is 0 Å². The van der Waals surface area contributed by atoms with Gasteiger partial charge in [0.15, 0.2) is 0 Å². The van der Waals surface area contributed by atoms with Crippen LogP contribution in [-0.2, 0) is 6.54 Å². The molecule has 1 saturated heterocycles. The van der Waals surface area contributed by atoms with Crippen LogP contribution in [0.2, 0.25) is 0 Å². The van der Waals surface area contributed by atoms with E-state index in [4.69, 9.17) is 4.98 Å². The van der Waals surface area contributed by atoms with Gasteiger partial charge in [0.2, 0.25) is 0 Å². The van der Waals surface area contributed by atoms with Gasteiger partial charge in [-0.1, -0.05) is 18.2 Å². The van der Waals surface area contributed by atoms with Gasteiger partial charge in [-0.25, -0.2) is 4.98 Å². The first-order chi connectivity index (χ1) is 15.8. The Morgan fingerprint density at radius 2 is 1.97 bits per heavy atom. The number of non-ortho nitro benzene ring substituents is 1. The fourth-order valence-electron chi connectivity index (χ4n) is 4.53. The Morgan fingerprint density at radius 3 is 2.67 bits per heavy atom. The van der Waals surface area contributed by atoms with Crippen molar-refractivity contribution in [3.63, 3.8) is 0 Å². The van der Waals surface area contributed by atoms with Crippen molar-refractivity contribution in [3.8, 4) is 0 Å². The highest BCUT2D eigenvalue weighted by molar-refractivity contribution is 5.95. The molecule has 3 aromatic rings. The molecule has 0 aliphatic carbocycles. The minimum atomic E-state index is -0.496. The zero-order chi connectivity index (χ0) is 23.7. The second-order valence-corrected chi connectivity index (χ2v) is 8.36. The van der Waals surface area contributed by atoms with Crippen LogP contribution in [0.15, 0.2) is 53.3 Å². The standard InChI is InChI=1S/C24H27N5O4/c1-4-27-22(25-21-11-6-5-10-20(21)24(27)31)17(3)26-12-13-28(16(2)15-26)23(30)18-8-7-9-19(14-18)29(32)33/h5-11,14,16-17H,4,12-13,15H2,1-3H3. The summed E-state index contributed by atoms with van der Waals surface area (Å²) in [5, 5.41) is 11.7. The van der Waals surface area contributed by atoms with Crippen LogP contribution in [-0.4, -0.2) is 55.9 Å². The number of benzene rings is 2. The number of nitro groups is 1. The van der Waals surface area contributed by atoms with Gasteiger partial charge in [0.25, 0.3) is 17.2 Å². The molecule has 0 N–H and O–H groups in total. The minimum absolute atomic E-state index is 0.0440. The summed E-state index contributed by atoms with van der Waals surface area (Å²) in [7, 11) is 0. The first-order valence-electron chi connectivity index (χ1n) is 11.1. The summed E-state index contributed by atoms with van der Waals surface area (Å²) in [6.07, 6.45) is 0. The minimum Gasteiger partial charge on any atom is -0.333 e. The lowest BCUT2D eigenvalue weighted by Crippen LogP contribution is -2.54. The summed E-state index contributed by atoms with van der Waals surface area (Å²) in [6.45, 7) is 8.16. The van der Waals surface area contributed by atoms with Crippen molar-refractivity contribution in [1.29, 1.82) is 0 Å². The summed E-state index contributed by atoms with van der Waals surface area (Å²) < 4.78 is 1.72. The maximum atomic E-state index is 13.1. The van der Waals surface area contributed by atoms with Crippen molar-refractivity contribution in [1.82, 2.24) is 19.4 Å². The normalized spacial score (nSPS) is 17.8. The number of hydrogen-bond acceptors (Lipinski definition) is 6. The van der Waals surface area contributed by atoms with Gasteiger partial charge in [-0.3, -0.25) is 29.2 Å². The van der Waals surface area contributed by atoms with Crippen LogP contribution in [0, 0.1) is 10.1 Å². The smallest absolute Gasteiger partial charge is 0.270 e. The molecule has 2 atom stereocenters. The quantitative estimate of drug-likeness (QED) is 0.438. The second-order valence-electron chi connectivity index (χ2n) is 8.36. The van der Waals surface area contributed by atoms with Gasteiger partial charge >= 0.3 is 0 Å². The SMILES string of the molecule is CCn1c(C(C)N2CCN(C(=O)c3cccc([N+](=O)[O-])c3)C(C)C2)nc2ccccc2c1=O. The monoisotopic (exact) mass is 449 g/mol. The number of para-hydroxylation sites is 1. The van der Waals surface area contributed by atoms with E-state index in [-0.39, 0.29) is 29.2 Å². The molecule has 1 aromatic heterocycles. The third-order valence-electron chi connectivity index (χ3n) is 6.35. The number of rotatable bonds is 5. The molecular weight excluding hydrogens is 422 g/mol. The van der Waals surface area contributed by atoms with Crippen molar-refractivity contribution in [3.05, 3.63) is 80.4 Å². The van der Waals surface area contributed by atoms with Gasteiger partial charge < -0.3 is 4.90 Å². The Hall–Kier alpha value is -3.59. The van der Waals surface area contributed by atoms with Crippen molar-refractivity contribution < 1.29 is 9.72 Å². The largest absolute Gasteiger partial charge is 0.333 e. The van der Waals surface area contributed by atoms with Gasteiger partial charge in [-0.2, -0.15) is 0 Å². The Balaban J connectivity index is 1.56. The van der Waals surface area contributed by atoms with E-state index in [0.29, 0.717) is 48.5 Å². The molecule has 0 bridgehead atoms. The maximum absolute atomic E-state index is 13.1. The highest BCUT2D eigenvalue weighted by atomic mass is 16.6. The first kappa shape index (κ1) is 22.6. The van der Waals surface area contributed by atoms with E-state index in [0.717, 1.165) is 0 Å². The molecule has 1 amide bonds. The molecule has 172 valence electrons. The Labute approximate surface area is 191 Å². The summed E-state index contributed by atoms with van der Waals surface area (Å²) in [5.41, 5.74) is 0.855. The first-order valence-corrected chi connectivity index (χ1v) is 11.1. The average Bonchev–Trinajstić information content (AvgIpc) is 2.83. The van der Waals surface area contributed by atoms with E-state index in [2.05, 4.69) is 4.90 Å². The van der Waals surface area contributed by atoms with Crippen molar-refractivity contribution in [2.75, 3.05) is 19.6 Å². The van der Waals surface area contributed by atoms with Gasteiger partial charge in [0.05, 0.1) is 21.9 Å². The highest BCUT2D eigenvalue weighted by Crippen LogP contribution is 2.25. The van der Waals surface area contributed by atoms with Gasteiger partial charge in [-0.05, 0) is 39.0 Å². The van der Waals surface area contributed by atoms with Crippen LogP contribution < -0.4 is 5.56 Å². The molecule has 1 fully saturated rings. The Bertz CT molecular complexity index is 1270. The van der Waals surface area contributed by atoms with Crippen LogP contribution >= 0.6 is 0 Å². The van der Waals surface area contributed by atoms with Crippen molar-refractivity contribution in [2.24, 2.45) is 0 Å². The van der Waals surface area contributed by atoms with Crippen LogP contribution in [0.25, 0.3) is 10.9 Å². The van der Waals surface area contributed by atoms with E-state index in [1.807, 2.05) is 39.0 Å². The molecule has 0 spiro atoms. The molecule has 2 aromatic carbocycles. The van der Waals surface area contributed by atoms with Crippen LogP contribution in [0.1, 0.15) is 43.0 Å². The van der Waals surface area contributed by atoms with E-state index in [1.165, 1.54) is 18.2 Å². The number of aromatic nitrogens is 2. The Kier molecular flexibility index (Phi) is 6.24. The van der Waals surface area contributed by atoms with Crippen LogP contribution in [0.3, 0.4) is 0 Å². The number of nitrogens with zero attached hydrogens (tertiary/aromatic N) is 5. The predicted octanol–water partition coefficient (Wildman–Crippen LogP) is 3.23. The number of carbonyl (C=O) groups is 1. The maximum Gasteiger partial charge on any atom is 0.270 e. The van der Waals surface area contributed by atoms with E-state index in [1.54, 1.807) is 21.6 Å². The molecule has 1 aliphatic rings. The molecule has 2 unspecified atom stereocenters. The third-order valence-corrected chi connectivity index (χ3v) is 6.35.